The standard InChI is InChI=1S/C20H34O3/c1-14(2)20-12-11-18(4,23-20)16(21)9-8-15(3)7-6-10-19(5)17(13-20)22-19/h7,14,16-17,21H,6,8-13H2,1-5H3/b15-7+/t16-,17-,18-,19-,20+/m1/s1. The Kier molecular flexibility index (Phi) is 4.44. The third-order valence-electron chi connectivity index (χ3n) is 6.75. The van der Waals surface area contributed by atoms with Crippen LogP contribution in [-0.2, 0) is 9.47 Å². The van der Waals surface area contributed by atoms with Gasteiger partial charge in [-0.1, -0.05) is 25.5 Å². The Morgan fingerprint density at radius 3 is 2.61 bits per heavy atom. The molecule has 0 radical (unpaired) electrons. The van der Waals surface area contributed by atoms with Crippen molar-refractivity contribution in [1.82, 2.24) is 0 Å². The Labute approximate surface area is 141 Å². The van der Waals surface area contributed by atoms with Crippen LogP contribution in [0.4, 0.5) is 0 Å². The van der Waals surface area contributed by atoms with Gasteiger partial charge in [0.05, 0.1) is 29.0 Å². The van der Waals surface area contributed by atoms with Crippen molar-refractivity contribution in [3.63, 3.8) is 0 Å². The van der Waals surface area contributed by atoms with Crippen molar-refractivity contribution < 1.29 is 14.6 Å². The maximum atomic E-state index is 10.8. The highest BCUT2D eigenvalue weighted by atomic mass is 16.6. The van der Waals surface area contributed by atoms with Crippen molar-refractivity contribution in [3.8, 4) is 0 Å². The molecule has 3 heterocycles. The summed E-state index contributed by atoms with van der Waals surface area (Å²) in [4.78, 5) is 0. The Morgan fingerprint density at radius 1 is 1.17 bits per heavy atom. The van der Waals surface area contributed by atoms with E-state index in [4.69, 9.17) is 9.47 Å². The first-order chi connectivity index (χ1) is 10.7. The molecule has 132 valence electrons. The highest BCUT2D eigenvalue weighted by Gasteiger charge is 2.59. The maximum Gasteiger partial charge on any atom is 0.0924 e. The SMILES string of the molecule is C/C1=C\CC[C@@]2(C)O[C@@H]2C[C@]2(C(C)C)CC[C@@](C)(O2)[C@H](O)CC1. The summed E-state index contributed by atoms with van der Waals surface area (Å²) >= 11 is 0. The van der Waals surface area contributed by atoms with Crippen molar-refractivity contribution in [1.29, 1.82) is 0 Å². The molecule has 23 heavy (non-hydrogen) atoms. The van der Waals surface area contributed by atoms with Gasteiger partial charge < -0.3 is 14.6 Å². The first kappa shape index (κ1) is 17.4. The second kappa shape index (κ2) is 5.86. The number of allylic oxidation sites excluding steroid dienone is 2. The Balaban J connectivity index is 1.85. The summed E-state index contributed by atoms with van der Waals surface area (Å²) in [7, 11) is 0. The zero-order chi connectivity index (χ0) is 16.9. The highest BCUT2D eigenvalue weighted by molar-refractivity contribution is 5.10. The largest absolute Gasteiger partial charge is 0.390 e. The molecule has 2 saturated heterocycles. The molecule has 2 fully saturated rings. The quantitative estimate of drug-likeness (QED) is 0.575. The first-order valence-electron chi connectivity index (χ1n) is 9.41. The van der Waals surface area contributed by atoms with Gasteiger partial charge in [0.25, 0.3) is 0 Å². The molecule has 3 rings (SSSR count). The molecule has 3 aliphatic heterocycles. The lowest BCUT2D eigenvalue weighted by atomic mass is 9.80. The van der Waals surface area contributed by atoms with Crippen molar-refractivity contribution in [2.75, 3.05) is 0 Å². The van der Waals surface area contributed by atoms with E-state index in [9.17, 15) is 5.11 Å². The van der Waals surface area contributed by atoms with Crippen molar-refractivity contribution in [2.24, 2.45) is 5.92 Å². The minimum atomic E-state index is -0.413. The third kappa shape index (κ3) is 3.25. The number of epoxide rings is 1. The minimum Gasteiger partial charge on any atom is -0.390 e. The van der Waals surface area contributed by atoms with Gasteiger partial charge in [-0.3, -0.25) is 0 Å². The van der Waals surface area contributed by atoms with Crippen molar-refractivity contribution >= 4 is 0 Å². The lowest BCUT2D eigenvalue weighted by molar-refractivity contribution is -0.167. The Hall–Kier alpha value is -0.380. The van der Waals surface area contributed by atoms with Gasteiger partial charge in [-0.25, -0.2) is 0 Å². The average Bonchev–Trinajstić information content (AvgIpc) is 2.94. The molecule has 0 aliphatic carbocycles. The highest BCUT2D eigenvalue weighted by Crippen LogP contribution is 2.53. The predicted octanol–water partition coefficient (Wildman–Crippen LogP) is 4.38. The number of rotatable bonds is 1. The van der Waals surface area contributed by atoms with Crippen molar-refractivity contribution in [3.05, 3.63) is 11.6 Å². The fourth-order valence-corrected chi connectivity index (χ4v) is 4.51. The van der Waals surface area contributed by atoms with Crippen LogP contribution in [0.1, 0.15) is 79.6 Å². The number of aliphatic hydroxyl groups excluding tert-OH is 1. The molecule has 0 spiro atoms. The molecule has 2 bridgehead atoms. The molecule has 0 amide bonds. The molecule has 3 nitrogen and oxygen atoms in total. The summed E-state index contributed by atoms with van der Waals surface area (Å²) in [6.45, 7) is 11.0. The van der Waals surface area contributed by atoms with Crippen LogP contribution in [0.25, 0.3) is 0 Å². The topological polar surface area (TPSA) is 42.0 Å². The van der Waals surface area contributed by atoms with Crippen LogP contribution in [0, 0.1) is 5.92 Å². The van der Waals surface area contributed by atoms with Gasteiger partial charge in [0.2, 0.25) is 0 Å². The molecule has 0 aromatic heterocycles. The molecule has 0 unspecified atom stereocenters. The lowest BCUT2D eigenvalue weighted by Gasteiger charge is -2.38. The van der Waals surface area contributed by atoms with E-state index in [1.165, 1.54) is 5.57 Å². The van der Waals surface area contributed by atoms with Gasteiger partial charge in [0.15, 0.2) is 0 Å². The minimum absolute atomic E-state index is 0.0215. The maximum absolute atomic E-state index is 10.8. The molecule has 3 heteroatoms. The first-order valence-corrected chi connectivity index (χ1v) is 9.41. The van der Waals surface area contributed by atoms with E-state index in [-0.39, 0.29) is 11.2 Å². The smallest absolute Gasteiger partial charge is 0.0924 e. The summed E-state index contributed by atoms with van der Waals surface area (Å²) in [6, 6.07) is 0. The van der Waals surface area contributed by atoms with Crippen LogP contribution in [0.5, 0.6) is 0 Å². The second-order valence-corrected chi connectivity index (χ2v) is 8.90. The van der Waals surface area contributed by atoms with E-state index in [0.717, 1.165) is 44.9 Å². The van der Waals surface area contributed by atoms with Crippen LogP contribution >= 0.6 is 0 Å². The monoisotopic (exact) mass is 322 g/mol. The number of hydrogen-bond donors (Lipinski definition) is 1. The van der Waals surface area contributed by atoms with E-state index < -0.39 is 11.7 Å². The summed E-state index contributed by atoms with van der Waals surface area (Å²) in [5.74, 6) is 0.440. The average molecular weight is 322 g/mol. The molecule has 0 aromatic carbocycles. The van der Waals surface area contributed by atoms with Gasteiger partial charge in [0, 0.05) is 6.42 Å². The molecule has 0 aromatic rings. The fourth-order valence-electron chi connectivity index (χ4n) is 4.51. The lowest BCUT2D eigenvalue weighted by Crippen LogP contribution is -2.45. The molecule has 1 N–H and O–H groups in total. The van der Waals surface area contributed by atoms with E-state index in [1.54, 1.807) is 0 Å². The van der Waals surface area contributed by atoms with Crippen molar-refractivity contribution in [2.45, 2.75) is 109 Å². The molecule has 0 saturated carbocycles. The van der Waals surface area contributed by atoms with Gasteiger partial charge in [0.1, 0.15) is 0 Å². The van der Waals surface area contributed by atoms with Crippen LogP contribution in [0.3, 0.4) is 0 Å². The summed E-state index contributed by atoms with van der Waals surface area (Å²) in [5, 5.41) is 10.8. The van der Waals surface area contributed by atoms with Gasteiger partial charge in [-0.15, -0.1) is 0 Å². The van der Waals surface area contributed by atoms with Crippen LogP contribution in [0.2, 0.25) is 0 Å². The summed E-state index contributed by atoms with van der Waals surface area (Å²) in [6.07, 6.45) is 9.09. The zero-order valence-electron chi connectivity index (χ0n) is 15.5. The van der Waals surface area contributed by atoms with Crippen LogP contribution in [0.15, 0.2) is 11.6 Å². The van der Waals surface area contributed by atoms with Gasteiger partial charge in [-0.2, -0.15) is 0 Å². The van der Waals surface area contributed by atoms with Gasteiger partial charge >= 0.3 is 0 Å². The van der Waals surface area contributed by atoms with Crippen LogP contribution < -0.4 is 0 Å². The van der Waals surface area contributed by atoms with Gasteiger partial charge in [-0.05, 0) is 65.2 Å². The molecule has 5 atom stereocenters. The van der Waals surface area contributed by atoms with E-state index in [1.807, 2.05) is 0 Å². The number of aliphatic hydroxyl groups is 1. The van der Waals surface area contributed by atoms with E-state index >= 15 is 0 Å². The molecular formula is C20H34O3. The molecular weight excluding hydrogens is 288 g/mol. The Morgan fingerprint density at radius 2 is 1.91 bits per heavy atom. The zero-order valence-corrected chi connectivity index (χ0v) is 15.5. The summed E-state index contributed by atoms with van der Waals surface area (Å²) in [5.41, 5.74) is 0.840. The predicted molar refractivity (Wildman–Crippen MR) is 92.4 cm³/mol. The molecule has 3 aliphatic rings. The van der Waals surface area contributed by atoms with E-state index in [0.29, 0.717) is 12.0 Å². The number of ether oxygens (including phenoxy) is 2. The third-order valence-corrected chi connectivity index (χ3v) is 6.75. The van der Waals surface area contributed by atoms with E-state index in [2.05, 4.69) is 40.7 Å². The Bertz CT molecular complexity index is 485. The number of hydrogen-bond acceptors (Lipinski definition) is 3. The van der Waals surface area contributed by atoms with Crippen LogP contribution in [-0.4, -0.2) is 34.1 Å². The fraction of sp³-hybridized carbons (Fsp3) is 0.900. The number of fused-ring (bicyclic) bond motifs is 3. The normalized spacial score (nSPS) is 50.3. The second-order valence-electron chi connectivity index (χ2n) is 8.90. The summed E-state index contributed by atoms with van der Waals surface area (Å²) < 4.78 is 12.8.